The summed E-state index contributed by atoms with van der Waals surface area (Å²) in [5.41, 5.74) is 4.60. The van der Waals surface area contributed by atoms with Gasteiger partial charge in [-0.05, 0) is 47.0 Å². The van der Waals surface area contributed by atoms with Gasteiger partial charge in [-0.1, -0.05) is 13.8 Å². The van der Waals surface area contributed by atoms with Gasteiger partial charge in [0.2, 0.25) is 11.8 Å². The number of primary amides is 1. The van der Waals surface area contributed by atoms with E-state index >= 15 is 0 Å². The third-order valence-corrected chi connectivity index (χ3v) is 3.29. The van der Waals surface area contributed by atoms with Crippen LogP contribution in [0.3, 0.4) is 0 Å². The summed E-state index contributed by atoms with van der Waals surface area (Å²) >= 11 is 0. The van der Waals surface area contributed by atoms with Crippen molar-refractivity contribution < 1.29 is 28.7 Å². The van der Waals surface area contributed by atoms with Gasteiger partial charge < -0.3 is 25.8 Å². The highest BCUT2D eigenvalue weighted by Crippen LogP contribution is 2.10. The van der Waals surface area contributed by atoms with Crippen molar-refractivity contribution in [3.63, 3.8) is 0 Å². The van der Waals surface area contributed by atoms with E-state index in [2.05, 4.69) is 10.6 Å². The van der Waals surface area contributed by atoms with Crippen molar-refractivity contribution in [2.24, 2.45) is 11.7 Å². The van der Waals surface area contributed by atoms with E-state index in [4.69, 9.17) is 15.2 Å². The largest absolute Gasteiger partial charge is 0.463 e. The van der Waals surface area contributed by atoms with Crippen LogP contribution in [0.4, 0.5) is 4.79 Å². The molecule has 0 aliphatic carbocycles. The minimum atomic E-state index is -1.06. The maximum atomic E-state index is 12.5. The molecule has 0 heterocycles. The summed E-state index contributed by atoms with van der Waals surface area (Å²) in [4.78, 5) is 47.7. The summed E-state index contributed by atoms with van der Waals surface area (Å²) in [6.45, 7) is 12.0. The summed E-state index contributed by atoms with van der Waals surface area (Å²) in [6.07, 6.45) is -1.09. The Labute approximate surface area is 160 Å². The van der Waals surface area contributed by atoms with E-state index in [0.29, 0.717) is 0 Å². The number of nitrogens with two attached hydrogens (primary N) is 1. The zero-order chi connectivity index (χ0) is 21.4. The van der Waals surface area contributed by atoms with Gasteiger partial charge in [0, 0.05) is 6.42 Å². The molecule has 156 valence electrons. The standard InChI is InChI=1S/C18H33N3O6/c1-10(2)14(21-17(25)27-18(5,6)7)16(24)20-12(15(19)23)8-9-13(22)26-11(3)4/h10-12,14H,8-9H2,1-7H3,(H2,19,23)(H,20,24)(H,21,25)/t12-,14+/m1/s1. The number of rotatable bonds is 9. The van der Waals surface area contributed by atoms with Crippen molar-refractivity contribution >= 4 is 23.9 Å². The van der Waals surface area contributed by atoms with Gasteiger partial charge in [0.25, 0.3) is 0 Å². The third kappa shape index (κ3) is 11.1. The lowest BCUT2D eigenvalue weighted by Gasteiger charge is -2.26. The molecule has 0 aliphatic rings. The maximum absolute atomic E-state index is 12.5. The smallest absolute Gasteiger partial charge is 0.408 e. The van der Waals surface area contributed by atoms with Gasteiger partial charge in [0.1, 0.15) is 17.7 Å². The van der Waals surface area contributed by atoms with Gasteiger partial charge in [0.15, 0.2) is 0 Å². The zero-order valence-corrected chi connectivity index (χ0v) is 17.3. The highest BCUT2D eigenvalue weighted by molar-refractivity contribution is 5.91. The van der Waals surface area contributed by atoms with E-state index in [1.807, 2.05) is 0 Å². The Morgan fingerprint density at radius 1 is 1.00 bits per heavy atom. The molecule has 0 aliphatic heterocycles. The highest BCUT2D eigenvalue weighted by atomic mass is 16.6. The monoisotopic (exact) mass is 387 g/mol. The van der Waals surface area contributed by atoms with Crippen LogP contribution in [0.5, 0.6) is 0 Å². The molecule has 0 bridgehead atoms. The van der Waals surface area contributed by atoms with E-state index < -0.39 is 41.6 Å². The van der Waals surface area contributed by atoms with Crippen LogP contribution >= 0.6 is 0 Å². The molecule has 0 fully saturated rings. The number of hydrogen-bond acceptors (Lipinski definition) is 6. The fraction of sp³-hybridized carbons (Fsp3) is 0.778. The minimum Gasteiger partial charge on any atom is -0.463 e. The molecule has 0 spiro atoms. The predicted octanol–water partition coefficient (Wildman–Crippen LogP) is 1.24. The lowest BCUT2D eigenvalue weighted by Crippen LogP contribution is -2.55. The molecule has 0 saturated heterocycles. The second kappa shape index (κ2) is 10.7. The molecule has 0 radical (unpaired) electrons. The molecule has 0 aromatic rings. The first-order valence-electron chi connectivity index (χ1n) is 9.01. The number of ether oxygens (including phenoxy) is 2. The molecule has 0 rings (SSSR count). The van der Waals surface area contributed by atoms with Crippen molar-refractivity contribution in [1.82, 2.24) is 10.6 Å². The Morgan fingerprint density at radius 3 is 1.96 bits per heavy atom. The molecule has 3 amide bonds. The first-order chi connectivity index (χ1) is 12.2. The number of alkyl carbamates (subject to hydrolysis) is 1. The molecular formula is C18H33N3O6. The Balaban J connectivity index is 4.92. The van der Waals surface area contributed by atoms with Crippen molar-refractivity contribution in [3.05, 3.63) is 0 Å². The van der Waals surface area contributed by atoms with E-state index in [1.165, 1.54) is 0 Å². The SMILES string of the molecule is CC(C)OC(=O)CC[C@@H](NC(=O)[C@@H](NC(=O)OC(C)(C)C)C(C)C)C(N)=O. The third-order valence-electron chi connectivity index (χ3n) is 3.29. The number of esters is 1. The molecule has 9 heteroatoms. The fourth-order valence-corrected chi connectivity index (χ4v) is 2.10. The number of hydrogen-bond donors (Lipinski definition) is 3. The fourth-order valence-electron chi connectivity index (χ4n) is 2.10. The van der Waals surface area contributed by atoms with Crippen LogP contribution in [-0.2, 0) is 23.9 Å². The first-order valence-corrected chi connectivity index (χ1v) is 9.01. The summed E-state index contributed by atoms with van der Waals surface area (Å²) < 4.78 is 10.1. The van der Waals surface area contributed by atoms with Crippen LogP contribution in [0.2, 0.25) is 0 Å². The molecule has 0 unspecified atom stereocenters. The van der Waals surface area contributed by atoms with Crippen molar-refractivity contribution in [2.75, 3.05) is 0 Å². The van der Waals surface area contributed by atoms with Gasteiger partial charge in [-0.25, -0.2) is 4.79 Å². The Kier molecular flexibility index (Phi) is 9.82. The molecule has 2 atom stereocenters. The highest BCUT2D eigenvalue weighted by Gasteiger charge is 2.30. The van der Waals surface area contributed by atoms with Crippen LogP contribution in [0, 0.1) is 5.92 Å². The second-order valence-corrected chi connectivity index (χ2v) is 7.91. The van der Waals surface area contributed by atoms with Crippen molar-refractivity contribution in [3.8, 4) is 0 Å². The first kappa shape index (κ1) is 24.7. The van der Waals surface area contributed by atoms with Gasteiger partial charge in [-0.2, -0.15) is 0 Å². The van der Waals surface area contributed by atoms with Crippen LogP contribution in [0.25, 0.3) is 0 Å². The number of amides is 3. The van der Waals surface area contributed by atoms with Crippen LogP contribution < -0.4 is 16.4 Å². The summed E-state index contributed by atoms with van der Waals surface area (Å²) in [7, 11) is 0. The van der Waals surface area contributed by atoms with Crippen molar-refractivity contribution in [2.45, 2.75) is 85.1 Å². The summed E-state index contributed by atoms with van der Waals surface area (Å²) in [6, 6.07) is -1.98. The molecule has 0 aromatic heterocycles. The molecule has 27 heavy (non-hydrogen) atoms. The Hall–Kier alpha value is -2.32. The van der Waals surface area contributed by atoms with Gasteiger partial charge in [0.05, 0.1) is 6.10 Å². The van der Waals surface area contributed by atoms with Crippen LogP contribution in [0.15, 0.2) is 0 Å². The lowest BCUT2D eigenvalue weighted by atomic mass is 10.0. The molecule has 4 N–H and O–H groups in total. The van der Waals surface area contributed by atoms with E-state index in [-0.39, 0.29) is 24.9 Å². The Morgan fingerprint density at radius 2 is 1.56 bits per heavy atom. The van der Waals surface area contributed by atoms with E-state index in [0.717, 1.165) is 0 Å². The molecular weight excluding hydrogens is 354 g/mol. The van der Waals surface area contributed by atoms with Gasteiger partial charge in [-0.3, -0.25) is 14.4 Å². The average molecular weight is 387 g/mol. The summed E-state index contributed by atoms with van der Waals surface area (Å²) in [5, 5.41) is 4.97. The quantitative estimate of drug-likeness (QED) is 0.509. The predicted molar refractivity (Wildman–Crippen MR) is 99.6 cm³/mol. The lowest BCUT2D eigenvalue weighted by molar-refractivity contribution is -0.147. The van der Waals surface area contributed by atoms with Crippen molar-refractivity contribution in [1.29, 1.82) is 0 Å². The number of carbonyl (C=O) groups excluding carboxylic acids is 4. The molecule has 0 aromatic carbocycles. The normalized spacial score (nSPS) is 13.7. The second-order valence-electron chi connectivity index (χ2n) is 7.91. The van der Waals surface area contributed by atoms with Gasteiger partial charge in [-0.15, -0.1) is 0 Å². The van der Waals surface area contributed by atoms with E-state index in [9.17, 15) is 19.2 Å². The van der Waals surface area contributed by atoms with Crippen LogP contribution in [0.1, 0.15) is 61.3 Å². The molecule has 0 saturated carbocycles. The maximum Gasteiger partial charge on any atom is 0.408 e. The van der Waals surface area contributed by atoms with Gasteiger partial charge >= 0.3 is 12.1 Å². The summed E-state index contributed by atoms with van der Waals surface area (Å²) in [5.74, 6) is -2.12. The zero-order valence-electron chi connectivity index (χ0n) is 17.3. The van der Waals surface area contributed by atoms with E-state index in [1.54, 1.807) is 48.5 Å². The average Bonchev–Trinajstić information content (AvgIpc) is 2.45. The Bertz CT molecular complexity index is 540. The van der Waals surface area contributed by atoms with Crippen LogP contribution in [-0.4, -0.2) is 47.7 Å². The molecule has 9 nitrogen and oxygen atoms in total. The topological polar surface area (TPSA) is 137 Å². The number of carbonyl (C=O) groups is 4. The number of nitrogens with one attached hydrogen (secondary N) is 2. The minimum absolute atomic E-state index is 0.00385.